The number of nitrogens with one attached hydrogen (secondary N) is 1. The first-order valence-electron chi connectivity index (χ1n) is 10.1. The van der Waals surface area contributed by atoms with Crippen molar-refractivity contribution in [3.05, 3.63) is 88.4 Å². The fourth-order valence-corrected chi connectivity index (χ4v) is 4.08. The van der Waals surface area contributed by atoms with E-state index in [1.54, 1.807) is 25.3 Å². The molecule has 1 amide bonds. The highest BCUT2D eigenvalue weighted by atomic mass is 35.5. The fourth-order valence-electron chi connectivity index (χ4n) is 3.03. The Morgan fingerprint density at radius 3 is 2.53 bits per heavy atom. The van der Waals surface area contributed by atoms with Gasteiger partial charge in [0.1, 0.15) is 5.75 Å². The SMILES string of the molecule is COc1ccc(-c2nnc(SCC(=O)NN=Cc3ccc(Cl)c(Cl)c3)n2-c2ccccc2)cc1. The Balaban J connectivity index is 1.49. The van der Waals surface area contributed by atoms with Gasteiger partial charge in [-0.3, -0.25) is 9.36 Å². The van der Waals surface area contributed by atoms with Crippen molar-refractivity contribution < 1.29 is 9.53 Å². The van der Waals surface area contributed by atoms with E-state index in [-0.39, 0.29) is 11.7 Å². The lowest BCUT2D eigenvalue weighted by Crippen LogP contribution is -2.20. The molecule has 1 aromatic heterocycles. The zero-order valence-electron chi connectivity index (χ0n) is 18.0. The second-order valence-electron chi connectivity index (χ2n) is 6.96. The number of amides is 1. The average molecular weight is 512 g/mol. The molecule has 0 aliphatic rings. The van der Waals surface area contributed by atoms with Crippen molar-refractivity contribution in [3.63, 3.8) is 0 Å². The largest absolute Gasteiger partial charge is 0.497 e. The van der Waals surface area contributed by atoms with Gasteiger partial charge < -0.3 is 4.74 Å². The van der Waals surface area contributed by atoms with E-state index in [2.05, 4.69) is 20.7 Å². The molecule has 0 saturated heterocycles. The summed E-state index contributed by atoms with van der Waals surface area (Å²) in [6.07, 6.45) is 1.50. The van der Waals surface area contributed by atoms with E-state index >= 15 is 0 Å². The minimum absolute atomic E-state index is 0.103. The van der Waals surface area contributed by atoms with Crippen LogP contribution in [0.4, 0.5) is 0 Å². The van der Waals surface area contributed by atoms with E-state index in [0.717, 1.165) is 22.6 Å². The van der Waals surface area contributed by atoms with Crippen molar-refractivity contribution >= 4 is 47.1 Å². The lowest BCUT2D eigenvalue weighted by molar-refractivity contribution is -0.118. The molecule has 34 heavy (non-hydrogen) atoms. The number of thioether (sulfide) groups is 1. The van der Waals surface area contributed by atoms with E-state index in [9.17, 15) is 4.79 Å². The van der Waals surface area contributed by atoms with Crippen molar-refractivity contribution in [2.75, 3.05) is 12.9 Å². The number of hydrogen-bond acceptors (Lipinski definition) is 6. The predicted molar refractivity (Wildman–Crippen MR) is 136 cm³/mol. The Kier molecular flexibility index (Phi) is 7.84. The first-order valence-corrected chi connectivity index (χ1v) is 11.8. The van der Waals surface area contributed by atoms with E-state index in [0.29, 0.717) is 21.0 Å². The topological polar surface area (TPSA) is 81.4 Å². The Morgan fingerprint density at radius 1 is 1.06 bits per heavy atom. The molecule has 0 saturated carbocycles. The molecule has 0 aliphatic heterocycles. The number of hydrazone groups is 1. The normalized spacial score (nSPS) is 11.0. The number of halogens is 2. The zero-order valence-corrected chi connectivity index (χ0v) is 20.3. The molecule has 0 aliphatic carbocycles. The minimum atomic E-state index is -0.282. The van der Waals surface area contributed by atoms with Gasteiger partial charge in [0.2, 0.25) is 0 Å². The van der Waals surface area contributed by atoms with Crippen LogP contribution in [0.1, 0.15) is 5.56 Å². The number of carbonyl (C=O) groups excluding carboxylic acids is 1. The third-order valence-corrected chi connectivity index (χ3v) is 6.34. The quantitative estimate of drug-likeness (QED) is 0.192. The van der Waals surface area contributed by atoms with E-state index in [1.165, 1.54) is 18.0 Å². The van der Waals surface area contributed by atoms with Crippen LogP contribution in [0.2, 0.25) is 10.0 Å². The maximum atomic E-state index is 12.4. The first kappa shape index (κ1) is 23.8. The summed E-state index contributed by atoms with van der Waals surface area (Å²) >= 11 is 13.2. The van der Waals surface area contributed by atoms with Crippen LogP contribution in [0.25, 0.3) is 17.1 Å². The number of ether oxygens (including phenoxy) is 1. The van der Waals surface area contributed by atoms with Crippen molar-refractivity contribution in [1.29, 1.82) is 0 Å². The molecule has 1 N–H and O–H groups in total. The van der Waals surface area contributed by atoms with Crippen LogP contribution in [-0.4, -0.2) is 39.7 Å². The highest BCUT2D eigenvalue weighted by molar-refractivity contribution is 7.99. The molecule has 172 valence electrons. The van der Waals surface area contributed by atoms with Gasteiger partial charge >= 0.3 is 0 Å². The average Bonchev–Trinajstić information content (AvgIpc) is 3.29. The fraction of sp³-hybridized carbons (Fsp3) is 0.0833. The standard InChI is InChI=1S/C24H19Cl2N5O2S/c1-33-19-10-8-17(9-11-19)23-29-30-24(31(23)18-5-3-2-4-6-18)34-15-22(32)28-27-14-16-7-12-20(25)21(26)13-16/h2-14H,15H2,1H3,(H,28,32). The number of nitrogens with zero attached hydrogens (tertiary/aromatic N) is 4. The number of benzene rings is 3. The summed E-state index contributed by atoms with van der Waals surface area (Å²) in [5, 5.41) is 14.1. The Hall–Kier alpha value is -3.33. The van der Waals surface area contributed by atoms with Crippen molar-refractivity contribution in [1.82, 2.24) is 20.2 Å². The van der Waals surface area contributed by atoms with Crippen molar-refractivity contribution in [2.24, 2.45) is 5.10 Å². The van der Waals surface area contributed by atoms with Gasteiger partial charge in [-0.1, -0.05) is 59.2 Å². The van der Waals surface area contributed by atoms with E-state index in [4.69, 9.17) is 27.9 Å². The molecule has 0 fully saturated rings. The van der Waals surface area contributed by atoms with Crippen LogP contribution in [-0.2, 0) is 4.79 Å². The third-order valence-electron chi connectivity index (χ3n) is 4.67. The summed E-state index contributed by atoms with van der Waals surface area (Å²) in [6.45, 7) is 0. The predicted octanol–water partition coefficient (Wildman–Crippen LogP) is 5.49. The second kappa shape index (κ2) is 11.2. The van der Waals surface area contributed by atoms with Crippen LogP contribution in [0.3, 0.4) is 0 Å². The molecule has 0 spiro atoms. The number of para-hydroxylation sites is 1. The summed E-state index contributed by atoms with van der Waals surface area (Å²) < 4.78 is 7.16. The number of hydrogen-bond donors (Lipinski definition) is 1. The number of aromatic nitrogens is 3. The van der Waals surface area contributed by atoms with Crippen LogP contribution in [0, 0.1) is 0 Å². The molecule has 4 rings (SSSR count). The summed E-state index contributed by atoms with van der Waals surface area (Å²) in [4.78, 5) is 12.4. The maximum Gasteiger partial charge on any atom is 0.250 e. The van der Waals surface area contributed by atoms with E-state index in [1.807, 2.05) is 59.2 Å². The summed E-state index contributed by atoms with van der Waals surface area (Å²) in [6, 6.07) is 22.4. The maximum absolute atomic E-state index is 12.4. The van der Waals surface area contributed by atoms with Gasteiger partial charge in [0.05, 0.1) is 29.1 Å². The molecule has 0 radical (unpaired) electrons. The van der Waals surface area contributed by atoms with Crippen molar-refractivity contribution in [2.45, 2.75) is 5.16 Å². The highest BCUT2D eigenvalue weighted by Crippen LogP contribution is 2.29. The van der Waals surface area contributed by atoms with Gasteiger partial charge in [0, 0.05) is 11.3 Å². The summed E-state index contributed by atoms with van der Waals surface area (Å²) in [5.41, 5.74) is 4.99. The van der Waals surface area contributed by atoms with Gasteiger partial charge in [0.25, 0.3) is 5.91 Å². The van der Waals surface area contributed by atoms with Gasteiger partial charge in [0.15, 0.2) is 11.0 Å². The zero-order chi connectivity index (χ0) is 23.9. The molecule has 0 unspecified atom stereocenters. The van der Waals surface area contributed by atoms with Crippen molar-refractivity contribution in [3.8, 4) is 22.8 Å². The minimum Gasteiger partial charge on any atom is -0.497 e. The van der Waals surface area contributed by atoms with E-state index < -0.39 is 0 Å². The third kappa shape index (κ3) is 5.77. The lowest BCUT2D eigenvalue weighted by Gasteiger charge is -2.10. The smallest absolute Gasteiger partial charge is 0.250 e. The molecule has 3 aromatic carbocycles. The van der Waals surface area contributed by atoms with Gasteiger partial charge in [-0.15, -0.1) is 10.2 Å². The molecule has 0 bridgehead atoms. The number of methoxy groups -OCH3 is 1. The van der Waals surface area contributed by atoms with Gasteiger partial charge in [-0.05, 0) is 54.1 Å². The Bertz CT molecular complexity index is 1310. The summed E-state index contributed by atoms with van der Waals surface area (Å²) in [7, 11) is 1.62. The highest BCUT2D eigenvalue weighted by Gasteiger charge is 2.17. The van der Waals surface area contributed by atoms with Crippen LogP contribution < -0.4 is 10.2 Å². The first-order chi connectivity index (χ1) is 16.5. The molecule has 10 heteroatoms. The van der Waals surface area contributed by atoms with Crippen LogP contribution >= 0.6 is 35.0 Å². The lowest BCUT2D eigenvalue weighted by atomic mass is 10.2. The Labute approximate surface area is 210 Å². The molecule has 1 heterocycles. The molecular weight excluding hydrogens is 493 g/mol. The van der Waals surface area contributed by atoms with Gasteiger partial charge in [-0.25, -0.2) is 5.43 Å². The molecule has 4 aromatic rings. The number of rotatable bonds is 8. The van der Waals surface area contributed by atoms with Gasteiger partial charge in [-0.2, -0.15) is 5.10 Å². The summed E-state index contributed by atoms with van der Waals surface area (Å²) in [5.74, 6) is 1.23. The molecule has 7 nitrogen and oxygen atoms in total. The molecule has 0 atom stereocenters. The molecular formula is C24H19Cl2N5O2S. The van der Waals surface area contributed by atoms with Crippen LogP contribution in [0.15, 0.2) is 83.1 Å². The van der Waals surface area contributed by atoms with Crippen LogP contribution in [0.5, 0.6) is 5.75 Å². The monoisotopic (exact) mass is 511 g/mol. The number of carbonyl (C=O) groups is 1. The Morgan fingerprint density at radius 2 is 1.82 bits per heavy atom. The second-order valence-corrected chi connectivity index (χ2v) is 8.72.